The van der Waals surface area contributed by atoms with Gasteiger partial charge in [0.15, 0.2) is 0 Å². The zero-order chi connectivity index (χ0) is 5.58. The summed E-state index contributed by atoms with van der Waals surface area (Å²) < 4.78 is 32.4. The van der Waals surface area contributed by atoms with E-state index in [0.717, 1.165) is 0 Å². The van der Waals surface area contributed by atoms with Crippen LogP contribution in [0.3, 0.4) is 0 Å². The second-order valence-electron chi connectivity index (χ2n) is 0.217. The topological polar surface area (TPSA) is 77.4 Å². The third-order valence-corrected chi connectivity index (χ3v) is 0. The standard InChI is InChI=1S/Al.H2O3S.O.H/c;1-4(2)3;;/h;(H2,1,2,3);;/p-1. The van der Waals surface area contributed by atoms with Crippen molar-refractivity contribution < 1.29 is 17.1 Å². The van der Waals surface area contributed by atoms with E-state index in [1.165, 1.54) is 0 Å². The molecule has 0 saturated carbocycles. The first-order chi connectivity index (χ1) is 2.73. The van der Waals surface area contributed by atoms with Crippen LogP contribution in [0, 0.1) is 0 Å². The molecule has 0 aliphatic heterocycles. The monoisotopic (exact) mass is 125 g/mol. The molecule has 1 N–H and O–H groups in total. The Labute approximate surface area is 45.3 Å². The fraction of sp³-hybridized carbons (Fsp3) is 0. The van der Waals surface area contributed by atoms with Crippen molar-refractivity contribution in [1.29, 1.82) is 0 Å². The molecule has 1 atom stereocenters. The Morgan fingerprint density at radius 1 is 1.67 bits per heavy atom. The predicted molar refractivity (Wildman–Crippen MR) is 19.4 cm³/mol. The van der Waals surface area contributed by atoms with Crippen molar-refractivity contribution in [3.05, 3.63) is 0 Å². The van der Waals surface area contributed by atoms with E-state index in [0.29, 0.717) is 16.2 Å². The van der Waals surface area contributed by atoms with Crippen LogP contribution in [0.15, 0.2) is 0 Å². The van der Waals surface area contributed by atoms with Crippen molar-refractivity contribution in [3.63, 3.8) is 0 Å². The van der Waals surface area contributed by atoms with Crippen molar-refractivity contribution in [2.45, 2.75) is 0 Å². The van der Waals surface area contributed by atoms with Gasteiger partial charge in [0.25, 0.3) is 0 Å². The van der Waals surface area contributed by atoms with E-state index in [1.807, 2.05) is 0 Å². The predicted octanol–water partition coefficient (Wildman–Crippen LogP) is -1.43. The fourth-order valence-electron chi connectivity index (χ4n) is 0. The van der Waals surface area contributed by atoms with E-state index < -0.39 is 11.4 Å². The van der Waals surface area contributed by atoms with Gasteiger partial charge in [0.1, 0.15) is 0 Å². The summed E-state index contributed by atoms with van der Waals surface area (Å²) in [6.07, 6.45) is 0. The maximum atomic E-state index is 8.56. The van der Waals surface area contributed by atoms with Crippen LogP contribution in [0.2, 0.25) is 0 Å². The van der Waals surface area contributed by atoms with Crippen molar-refractivity contribution >= 4 is 27.6 Å². The molecule has 0 aromatic rings. The van der Waals surface area contributed by atoms with Crippen molar-refractivity contribution in [2.24, 2.45) is 0 Å². The van der Waals surface area contributed by atoms with Crippen LogP contribution in [0.25, 0.3) is 0 Å². The molecule has 36 valence electrons. The number of rotatable bonds is 0. The molecule has 0 heterocycles. The molecular formula is H2AlO4S-. The Morgan fingerprint density at radius 2 is 1.67 bits per heavy atom. The molecule has 0 aliphatic rings. The molecule has 4 nitrogen and oxygen atoms in total. The van der Waals surface area contributed by atoms with Gasteiger partial charge >= 0.3 is 20.0 Å². The van der Waals surface area contributed by atoms with E-state index >= 15 is 0 Å². The minimum atomic E-state index is -2.86. The van der Waals surface area contributed by atoms with Crippen LogP contribution in [0.4, 0.5) is 0 Å². The Hall–Kier alpha value is 0.402. The molecule has 0 radical (unpaired) electrons. The van der Waals surface area contributed by atoms with Gasteiger partial charge in [0.2, 0.25) is 0 Å². The molecule has 0 saturated heterocycles. The molecule has 0 bridgehead atoms. The number of hydrogen-bond acceptors (Lipinski definition) is 3. The first-order valence-electron chi connectivity index (χ1n) is 0.805. The third kappa shape index (κ3) is 315. The summed E-state index contributed by atoms with van der Waals surface area (Å²) >= 11 is -2.25. The molecule has 0 spiro atoms. The van der Waals surface area contributed by atoms with Gasteiger partial charge in [-0.3, -0.25) is 0 Å². The molecule has 6 heteroatoms. The molecule has 0 aromatic carbocycles. The molecule has 6 heavy (non-hydrogen) atoms. The molecule has 0 rings (SSSR count). The van der Waals surface area contributed by atoms with E-state index in [4.69, 9.17) is 17.1 Å². The van der Waals surface area contributed by atoms with Gasteiger partial charge < -0.3 is 9.11 Å². The van der Waals surface area contributed by atoms with E-state index in [2.05, 4.69) is 0 Å². The van der Waals surface area contributed by atoms with Crippen LogP contribution >= 0.6 is 0 Å². The summed E-state index contributed by atoms with van der Waals surface area (Å²) in [5, 5.41) is 0. The summed E-state index contributed by atoms with van der Waals surface area (Å²) in [6.45, 7) is 0. The Morgan fingerprint density at radius 3 is 1.67 bits per heavy atom. The van der Waals surface area contributed by atoms with Crippen LogP contribution in [0.5, 0.6) is 0 Å². The van der Waals surface area contributed by atoms with Gasteiger partial charge in [0.05, 0.1) is 11.4 Å². The van der Waals surface area contributed by atoms with Crippen molar-refractivity contribution in [3.8, 4) is 0 Å². The fourth-order valence-corrected chi connectivity index (χ4v) is 0. The summed E-state index contributed by atoms with van der Waals surface area (Å²) in [6, 6.07) is 0. The van der Waals surface area contributed by atoms with Gasteiger partial charge in [0, 0.05) is 0 Å². The zero-order valence-corrected chi connectivity index (χ0v) is 5.02. The molecule has 0 aromatic heterocycles. The summed E-state index contributed by atoms with van der Waals surface area (Å²) in [5.74, 6) is 0. The van der Waals surface area contributed by atoms with E-state index in [9.17, 15) is 0 Å². The Kier molecular flexibility index (Phi) is 14.5. The Balaban J connectivity index is 0. The van der Waals surface area contributed by atoms with Gasteiger partial charge in [-0.2, -0.15) is 0 Å². The maximum absolute atomic E-state index is 8.56. The number of hydrogen-bond donors (Lipinski definition) is 1. The summed E-state index contributed by atoms with van der Waals surface area (Å²) in [7, 11) is 0. The van der Waals surface area contributed by atoms with Crippen LogP contribution in [0.1, 0.15) is 0 Å². The van der Waals surface area contributed by atoms with E-state index in [-0.39, 0.29) is 0 Å². The SMILES string of the molecule is O=S([O-])O.[O]=[AlH]. The van der Waals surface area contributed by atoms with Crippen molar-refractivity contribution in [1.82, 2.24) is 0 Å². The normalized spacial score (nSPS) is 10.8. The molecule has 0 aliphatic carbocycles. The second kappa shape index (κ2) is 9.04. The second-order valence-corrected chi connectivity index (χ2v) is 0.651. The Bertz CT molecular complexity index is 38.8. The average Bonchev–Trinajstić information content (AvgIpc) is 1.41. The van der Waals surface area contributed by atoms with Crippen LogP contribution in [-0.2, 0) is 15.2 Å². The van der Waals surface area contributed by atoms with Gasteiger partial charge in [-0.15, -0.1) is 0 Å². The summed E-state index contributed by atoms with van der Waals surface area (Å²) in [5.41, 5.74) is 0. The summed E-state index contributed by atoms with van der Waals surface area (Å²) in [4.78, 5) is 0. The van der Waals surface area contributed by atoms with Gasteiger partial charge in [-0.05, 0) is 0 Å². The molecule has 0 fully saturated rings. The van der Waals surface area contributed by atoms with Crippen molar-refractivity contribution in [2.75, 3.05) is 0 Å². The van der Waals surface area contributed by atoms with Crippen LogP contribution < -0.4 is 0 Å². The average molecular weight is 125 g/mol. The molecular weight excluding hydrogens is 123 g/mol. The first-order valence-corrected chi connectivity index (χ1v) is 2.41. The van der Waals surface area contributed by atoms with Crippen LogP contribution in [-0.4, -0.2) is 29.5 Å². The quantitative estimate of drug-likeness (QED) is 0.318. The zero-order valence-electron chi connectivity index (χ0n) is 2.79. The first kappa shape index (κ1) is 9.64. The van der Waals surface area contributed by atoms with Gasteiger partial charge in [-0.1, -0.05) is 0 Å². The molecule has 1 unspecified atom stereocenters. The third-order valence-electron chi connectivity index (χ3n) is 0. The molecule has 0 amide bonds. The van der Waals surface area contributed by atoms with E-state index in [1.54, 1.807) is 0 Å². The van der Waals surface area contributed by atoms with Gasteiger partial charge in [-0.25, -0.2) is 4.21 Å². The minimum absolute atomic E-state index is 0.611.